The van der Waals surface area contributed by atoms with Crippen LogP contribution in [0.2, 0.25) is 0 Å². The SMILES string of the molecule is CCCCC(Oc1ccc(C)cc1C)C(=O)Nc1ccc(N(C)C(=O)Oc2ccc(NS(=O)Oc3cc(C(=O)OC)cc(C(=O)OC)c3)cc2)cc1O. The van der Waals surface area contributed by atoms with E-state index in [1.165, 1.54) is 80.8 Å². The van der Waals surface area contributed by atoms with Gasteiger partial charge in [-0.3, -0.25) is 14.4 Å². The standard InChI is InChI=1S/C38H41N3O11S/c1-7-8-9-34(51-33-17-10-23(2)18-24(33)3)35(43)39-31-16-13-28(22-32(31)42)41(4)38(46)50-29-14-11-27(12-15-29)40-53(47)52-30-20-25(36(44)48-5)19-26(21-30)37(45)49-6/h10-22,34,40,42H,7-9H2,1-6H3,(H,39,43). The van der Waals surface area contributed by atoms with Gasteiger partial charge in [-0.05, 0) is 92.9 Å². The van der Waals surface area contributed by atoms with Crippen molar-refractivity contribution >= 4 is 52.3 Å². The van der Waals surface area contributed by atoms with Gasteiger partial charge in [-0.15, -0.1) is 0 Å². The molecule has 15 heteroatoms. The zero-order chi connectivity index (χ0) is 38.7. The Morgan fingerprint density at radius 3 is 2.09 bits per heavy atom. The highest BCUT2D eigenvalue weighted by Crippen LogP contribution is 2.30. The largest absolute Gasteiger partial charge is 0.506 e. The van der Waals surface area contributed by atoms with Gasteiger partial charge >= 0.3 is 29.3 Å². The van der Waals surface area contributed by atoms with Crippen LogP contribution in [0.4, 0.5) is 21.9 Å². The van der Waals surface area contributed by atoms with Crippen LogP contribution < -0.4 is 28.6 Å². The van der Waals surface area contributed by atoms with Crippen LogP contribution in [-0.4, -0.2) is 60.6 Å². The Morgan fingerprint density at radius 2 is 1.51 bits per heavy atom. The fourth-order valence-electron chi connectivity index (χ4n) is 4.95. The summed E-state index contributed by atoms with van der Waals surface area (Å²) in [6.07, 6.45) is 0.564. The number of carbonyl (C=O) groups excluding carboxylic acids is 4. The first-order valence-corrected chi connectivity index (χ1v) is 17.5. The van der Waals surface area contributed by atoms with E-state index in [-0.39, 0.29) is 39.8 Å². The number of esters is 2. The normalized spacial score (nSPS) is 11.7. The third-order valence-electron chi connectivity index (χ3n) is 7.79. The van der Waals surface area contributed by atoms with Crippen LogP contribution in [0, 0.1) is 13.8 Å². The summed E-state index contributed by atoms with van der Waals surface area (Å²) >= 11 is -2.17. The van der Waals surface area contributed by atoms with Crippen molar-refractivity contribution in [3.8, 4) is 23.0 Å². The predicted molar refractivity (Wildman–Crippen MR) is 199 cm³/mol. The van der Waals surface area contributed by atoms with Gasteiger partial charge in [0.1, 0.15) is 23.0 Å². The lowest BCUT2D eigenvalue weighted by molar-refractivity contribution is -0.123. The number of aromatic hydroxyl groups is 1. The van der Waals surface area contributed by atoms with Gasteiger partial charge in [0.25, 0.3) is 5.91 Å². The number of anilines is 3. The van der Waals surface area contributed by atoms with Crippen LogP contribution in [0.3, 0.4) is 0 Å². The second-order valence-electron chi connectivity index (χ2n) is 11.8. The molecule has 0 aromatic heterocycles. The van der Waals surface area contributed by atoms with E-state index >= 15 is 0 Å². The molecule has 0 heterocycles. The summed E-state index contributed by atoms with van der Waals surface area (Å²) in [5.41, 5.74) is 2.73. The van der Waals surface area contributed by atoms with Gasteiger partial charge < -0.3 is 33.6 Å². The lowest BCUT2D eigenvalue weighted by Crippen LogP contribution is -2.33. The number of ether oxygens (including phenoxy) is 4. The van der Waals surface area contributed by atoms with Crippen LogP contribution in [0.15, 0.2) is 78.9 Å². The van der Waals surface area contributed by atoms with Gasteiger partial charge in [0.15, 0.2) is 6.10 Å². The monoisotopic (exact) mass is 747 g/mol. The number of methoxy groups -OCH3 is 2. The van der Waals surface area contributed by atoms with E-state index in [9.17, 15) is 28.5 Å². The topological polar surface area (TPSA) is 179 Å². The van der Waals surface area contributed by atoms with Crippen LogP contribution in [0.1, 0.15) is 58.0 Å². The maximum Gasteiger partial charge on any atom is 0.419 e. The first-order valence-electron chi connectivity index (χ1n) is 16.4. The highest BCUT2D eigenvalue weighted by atomic mass is 32.2. The predicted octanol–water partition coefficient (Wildman–Crippen LogP) is 6.86. The van der Waals surface area contributed by atoms with Gasteiger partial charge in [-0.2, -0.15) is 4.21 Å². The number of hydrogen-bond acceptors (Lipinski definition) is 11. The van der Waals surface area contributed by atoms with Gasteiger partial charge in [0.05, 0.1) is 36.7 Å². The van der Waals surface area contributed by atoms with E-state index in [1.54, 1.807) is 6.07 Å². The van der Waals surface area contributed by atoms with Crippen molar-refractivity contribution in [1.82, 2.24) is 0 Å². The minimum Gasteiger partial charge on any atom is -0.506 e. The van der Waals surface area contributed by atoms with E-state index in [2.05, 4.69) is 10.0 Å². The number of rotatable bonds is 15. The summed E-state index contributed by atoms with van der Waals surface area (Å²) < 4.78 is 41.6. The number of nitrogens with one attached hydrogen (secondary N) is 2. The number of phenols is 1. The molecule has 0 fully saturated rings. The average Bonchev–Trinajstić information content (AvgIpc) is 3.14. The van der Waals surface area contributed by atoms with Gasteiger partial charge in [-0.1, -0.05) is 31.0 Å². The number of amides is 2. The molecule has 4 rings (SSSR count). The maximum absolute atomic E-state index is 13.2. The number of hydrogen-bond donors (Lipinski definition) is 3. The molecule has 0 spiro atoms. The fraction of sp³-hybridized carbons (Fsp3) is 0.263. The summed E-state index contributed by atoms with van der Waals surface area (Å²) in [4.78, 5) is 51.4. The molecule has 4 aromatic carbocycles. The van der Waals surface area contributed by atoms with Crippen molar-refractivity contribution in [2.75, 3.05) is 36.2 Å². The molecule has 280 valence electrons. The maximum atomic E-state index is 13.2. The summed E-state index contributed by atoms with van der Waals surface area (Å²) in [5, 5.41) is 13.5. The highest BCUT2D eigenvalue weighted by Gasteiger charge is 2.23. The highest BCUT2D eigenvalue weighted by molar-refractivity contribution is 7.81. The number of benzene rings is 4. The number of phenolic OH excluding ortho intramolecular Hbond substituents is 1. The van der Waals surface area contributed by atoms with Crippen LogP contribution in [0.5, 0.6) is 23.0 Å². The van der Waals surface area contributed by atoms with Crippen molar-refractivity contribution in [3.05, 3.63) is 101 Å². The zero-order valence-electron chi connectivity index (χ0n) is 30.1. The molecule has 0 aliphatic carbocycles. The Bertz CT molecular complexity index is 1950. The molecule has 0 saturated carbocycles. The minimum atomic E-state index is -2.17. The lowest BCUT2D eigenvalue weighted by atomic mass is 10.1. The molecular weight excluding hydrogens is 706 g/mol. The first-order chi connectivity index (χ1) is 25.3. The van der Waals surface area contributed by atoms with Crippen molar-refractivity contribution in [1.29, 1.82) is 0 Å². The molecule has 53 heavy (non-hydrogen) atoms. The van der Waals surface area contributed by atoms with E-state index in [0.717, 1.165) is 24.0 Å². The minimum absolute atomic E-state index is 0.0119. The fourth-order valence-corrected chi connectivity index (χ4v) is 5.60. The van der Waals surface area contributed by atoms with Gasteiger partial charge in [-0.25, -0.2) is 14.4 Å². The third-order valence-corrected chi connectivity index (χ3v) is 8.54. The molecule has 0 saturated heterocycles. The summed E-state index contributed by atoms with van der Waals surface area (Å²) in [7, 11) is 3.80. The first kappa shape index (κ1) is 39.7. The molecule has 2 atom stereocenters. The summed E-state index contributed by atoms with van der Waals surface area (Å²) in [6, 6.07) is 19.7. The molecule has 0 aliphatic rings. The smallest absolute Gasteiger partial charge is 0.419 e. The molecular formula is C38H41N3O11S. The quantitative estimate of drug-likeness (QED) is 0.0854. The molecule has 0 radical (unpaired) electrons. The Hall–Kier alpha value is -6.09. The van der Waals surface area contributed by atoms with Crippen LogP contribution in [-0.2, 0) is 25.5 Å². The second kappa shape index (κ2) is 18.4. The molecule has 3 N–H and O–H groups in total. The number of nitrogens with zero attached hydrogens (tertiary/aromatic N) is 1. The average molecular weight is 748 g/mol. The van der Waals surface area contributed by atoms with Crippen molar-refractivity contribution in [2.24, 2.45) is 0 Å². The zero-order valence-corrected chi connectivity index (χ0v) is 30.9. The molecule has 0 aliphatic heterocycles. The molecule has 2 unspecified atom stereocenters. The molecule has 4 aromatic rings. The van der Waals surface area contributed by atoms with E-state index in [1.807, 2.05) is 39.0 Å². The Balaban J connectivity index is 1.35. The van der Waals surface area contributed by atoms with Crippen LogP contribution in [0.25, 0.3) is 0 Å². The Kier molecular flexibility index (Phi) is 13.8. The number of carbonyl (C=O) groups is 4. The van der Waals surface area contributed by atoms with E-state index < -0.39 is 41.3 Å². The van der Waals surface area contributed by atoms with E-state index in [0.29, 0.717) is 17.9 Å². The van der Waals surface area contributed by atoms with Crippen molar-refractivity contribution < 1.29 is 51.6 Å². The van der Waals surface area contributed by atoms with Crippen molar-refractivity contribution in [2.45, 2.75) is 46.1 Å². The van der Waals surface area contributed by atoms with Gasteiger partial charge in [0, 0.05) is 18.8 Å². The number of aryl methyl sites for hydroxylation is 2. The summed E-state index contributed by atoms with van der Waals surface area (Å²) in [5.74, 6) is -1.45. The molecule has 14 nitrogen and oxygen atoms in total. The third kappa shape index (κ3) is 11.0. The second-order valence-corrected chi connectivity index (χ2v) is 12.6. The molecule has 0 bridgehead atoms. The van der Waals surface area contributed by atoms with Crippen molar-refractivity contribution in [3.63, 3.8) is 0 Å². The van der Waals surface area contributed by atoms with E-state index in [4.69, 9.17) is 23.1 Å². The Labute approximate surface area is 309 Å². The summed E-state index contributed by atoms with van der Waals surface area (Å²) in [6.45, 7) is 5.92. The van der Waals surface area contributed by atoms with Crippen LogP contribution >= 0.6 is 0 Å². The Morgan fingerprint density at radius 1 is 0.849 bits per heavy atom. The lowest BCUT2D eigenvalue weighted by Gasteiger charge is -2.21. The van der Waals surface area contributed by atoms with Gasteiger partial charge in [0.2, 0.25) is 0 Å². The number of unbranched alkanes of at least 4 members (excludes halogenated alkanes) is 1. The molecule has 2 amide bonds.